The highest BCUT2D eigenvalue weighted by Gasteiger charge is 2.62. The summed E-state index contributed by atoms with van der Waals surface area (Å²) in [5, 5.41) is 14.1. The van der Waals surface area contributed by atoms with Crippen LogP contribution in [0, 0.1) is 11.8 Å². The lowest BCUT2D eigenvalue weighted by molar-refractivity contribution is -0.139. The van der Waals surface area contributed by atoms with Gasteiger partial charge in [-0.1, -0.05) is 12.1 Å². The Bertz CT molecular complexity index is 674. The molecular weight excluding hydrogens is 300 g/mol. The zero-order valence-electron chi connectivity index (χ0n) is 12.7. The van der Waals surface area contributed by atoms with Gasteiger partial charge in [-0.2, -0.15) is 0 Å². The number of urea groups is 1. The van der Waals surface area contributed by atoms with Gasteiger partial charge in [0.25, 0.3) is 5.91 Å². The number of carboxylic acid groups (broad SMARTS) is 1. The van der Waals surface area contributed by atoms with Crippen LogP contribution in [-0.2, 0) is 16.0 Å². The Morgan fingerprint density at radius 3 is 2.78 bits per heavy atom. The number of ether oxygens (including phenoxy) is 1. The molecule has 2 aliphatic rings. The highest BCUT2D eigenvalue weighted by atomic mass is 16.5. The summed E-state index contributed by atoms with van der Waals surface area (Å²) in [6.45, 7) is 0. The van der Waals surface area contributed by atoms with Crippen LogP contribution in [0.3, 0.4) is 0 Å². The number of aryl methyl sites for hydroxylation is 1. The summed E-state index contributed by atoms with van der Waals surface area (Å²) in [5.74, 6) is -1.59. The van der Waals surface area contributed by atoms with Gasteiger partial charge in [0.2, 0.25) is 0 Å². The van der Waals surface area contributed by atoms with E-state index in [1.54, 1.807) is 7.11 Å². The van der Waals surface area contributed by atoms with Gasteiger partial charge >= 0.3 is 12.0 Å². The van der Waals surface area contributed by atoms with E-state index in [1.165, 1.54) is 0 Å². The van der Waals surface area contributed by atoms with Gasteiger partial charge in [0.05, 0.1) is 13.0 Å². The number of carboxylic acids is 1. The number of carbonyl (C=O) groups is 3. The van der Waals surface area contributed by atoms with E-state index in [1.807, 2.05) is 24.3 Å². The lowest BCUT2D eigenvalue weighted by Crippen LogP contribution is -2.50. The summed E-state index contributed by atoms with van der Waals surface area (Å²) in [6.07, 6.45) is 1.29. The first-order chi connectivity index (χ1) is 11.0. The lowest BCUT2D eigenvalue weighted by Gasteiger charge is -2.26. The van der Waals surface area contributed by atoms with Gasteiger partial charge in [0.1, 0.15) is 11.3 Å². The maximum atomic E-state index is 12.3. The van der Waals surface area contributed by atoms with Crippen molar-refractivity contribution in [3.05, 3.63) is 29.8 Å². The van der Waals surface area contributed by atoms with Crippen LogP contribution in [-0.4, -0.2) is 35.7 Å². The molecule has 1 saturated heterocycles. The summed E-state index contributed by atoms with van der Waals surface area (Å²) in [6, 6.07) is 6.89. The molecular formula is C16H18N2O5. The van der Waals surface area contributed by atoms with E-state index in [-0.39, 0.29) is 5.92 Å². The molecule has 23 heavy (non-hydrogen) atoms. The van der Waals surface area contributed by atoms with Crippen LogP contribution in [0.4, 0.5) is 4.79 Å². The summed E-state index contributed by atoms with van der Waals surface area (Å²) in [4.78, 5) is 35.0. The van der Waals surface area contributed by atoms with Gasteiger partial charge in [-0.15, -0.1) is 0 Å². The number of hydrogen-bond acceptors (Lipinski definition) is 4. The SMILES string of the molecule is COc1cccc(CCC2(C3CC3C(=O)O)NC(=O)NC2=O)c1. The van der Waals surface area contributed by atoms with Crippen LogP contribution in [0.1, 0.15) is 18.4 Å². The van der Waals surface area contributed by atoms with Crippen molar-refractivity contribution in [3.63, 3.8) is 0 Å². The van der Waals surface area contributed by atoms with E-state index in [9.17, 15) is 14.4 Å². The quantitative estimate of drug-likeness (QED) is 0.677. The third-order valence-corrected chi connectivity index (χ3v) is 4.65. The Labute approximate surface area is 133 Å². The minimum atomic E-state index is -1.14. The van der Waals surface area contributed by atoms with E-state index in [2.05, 4.69) is 10.6 Å². The zero-order valence-corrected chi connectivity index (χ0v) is 12.7. The van der Waals surface area contributed by atoms with Crippen LogP contribution in [0.2, 0.25) is 0 Å². The molecule has 3 unspecified atom stereocenters. The largest absolute Gasteiger partial charge is 0.497 e. The minimum Gasteiger partial charge on any atom is -0.497 e. The summed E-state index contributed by atoms with van der Waals surface area (Å²) < 4.78 is 5.17. The fourth-order valence-electron chi connectivity index (χ4n) is 3.31. The third kappa shape index (κ3) is 2.74. The molecule has 0 spiro atoms. The second kappa shape index (κ2) is 5.57. The topological polar surface area (TPSA) is 105 Å². The Morgan fingerprint density at radius 1 is 1.43 bits per heavy atom. The Morgan fingerprint density at radius 2 is 2.22 bits per heavy atom. The Kier molecular flexibility index (Phi) is 3.71. The van der Waals surface area contributed by atoms with E-state index in [4.69, 9.17) is 9.84 Å². The van der Waals surface area contributed by atoms with Crippen LogP contribution < -0.4 is 15.4 Å². The first-order valence-corrected chi connectivity index (χ1v) is 7.45. The summed E-state index contributed by atoms with van der Waals surface area (Å²) >= 11 is 0. The van der Waals surface area contributed by atoms with Gasteiger partial charge in [0.15, 0.2) is 0 Å². The molecule has 2 fully saturated rings. The van der Waals surface area contributed by atoms with Crippen molar-refractivity contribution in [2.75, 3.05) is 7.11 Å². The molecule has 7 nitrogen and oxygen atoms in total. The third-order valence-electron chi connectivity index (χ3n) is 4.65. The first-order valence-electron chi connectivity index (χ1n) is 7.45. The highest BCUT2D eigenvalue weighted by molar-refractivity contribution is 6.07. The highest BCUT2D eigenvalue weighted by Crippen LogP contribution is 2.49. The molecule has 3 amide bonds. The van der Waals surface area contributed by atoms with Crippen LogP contribution >= 0.6 is 0 Å². The number of methoxy groups -OCH3 is 1. The van der Waals surface area contributed by atoms with E-state index in [0.29, 0.717) is 25.0 Å². The van der Waals surface area contributed by atoms with Crippen LogP contribution in [0.25, 0.3) is 0 Å². The molecule has 1 aliphatic heterocycles. The van der Waals surface area contributed by atoms with Crippen molar-refractivity contribution in [2.24, 2.45) is 11.8 Å². The second-order valence-corrected chi connectivity index (χ2v) is 6.02. The number of benzene rings is 1. The van der Waals surface area contributed by atoms with Crippen molar-refractivity contribution in [3.8, 4) is 5.75 Å². The first kappa shape index (κ1) is 15.3. The summed E-state index contributed by atoms with van der Waals surface area (Å²) in [5.41, 5.74) is -0.173. The van der Waals surface area contributed by atoms with Gasteiger partial charge < -0.3 is 15.2 Å². The lowest BCUT2D eigenvalue weighted by atomic mass is 9.85. The number of imide groups is 1. The van der Waals surface area contributed by atoms with Gasteiger partial charge in [-0.05, 0) is 37.0 Å². The average molecular weight is 318 g/mol. The average Bonchev–Trinajstić information content (AvgIpc) is 3.27. The Balaban J connectivity index is 1.79. The minimum absolute atomic E-state index is 0.353. The molecule has 0 bridgehead atoms. The Hall–Kier alpha value is -2.57. The molecule has 1 heterocycles. The predicted molar refractivity (Wildman–Crippen MR) is 80.0 cm³/mol. The fourth-order valence-corrected chi connectivity index (χ4v) is 3.31. The van der Waals surface area contributed by atoms with Crippen molar-refractivity contribution in [1.82, 2.24) is 10.6 Å². The van der Waals surface area contributed by atoms with Crippen molar-refractivity contribution < 1.29 is 24.2 Å². The molecule has 3 atom stereocenters. The number of hydrogen-bond donors (Lipinski definition) is 3. The predicted octanol–water partition coefficient (Wildman–Crippen LogP) is 0.927. The van der Waals surface area contributed by atoms with Crippen LogP contribution in [0.5, 0.6) is 5.75 Å². The van der Waals surface area contributed by atoms with Gasteiger partial charge in [-0.25, -0.2) is 4.79 Å². The summed E-state index contributed by atoms with van der Waals surface area (Å²) in [7, 11) is 1.58. The number of nitrogens with one attached hydrogen (secondary N) is 2. The van der Waals surface area contributed by atoms with E-state index < -0.39 is 29.4 Å². The smallest absolute Gasteiger partial charge is 0.322 e. The number of carbonyl (C=O) groups excluding carboxylic acids is 2. The zero-order chi connectivity index (χ0) is 16.6. The maximum Gasteiger partial charge on any atom is 0.322 e. The second-order valence-electron chi connectivity index (χ2n) is 6.02. The number of rotatable bonds is 6. The molecule has 3 N–H and O–H groups in total. The van der Waals surface area contributed by atoms with E-state index in [0.717, 1.165) is 5.56 Å². The molecule has 0 radical (unpaired) electrons. The van der Waals surface area contributed by atoms with Crippen molar-refractivity contribution >= 4 is 17.9 Å². The molecule has 3 rings (SSSR count). The van der Waals surface area contributed by atoms with Gasteiger partial charge in [0, 0.05) is 5.92 Å². The molecule has 7 heteroatoms. The van der Waals surface area contributed by atoms with Crippen LogP contribution in [0.15, 0.2) is 24.3 Å². The molecule has 122 valence electrons. The fraction of sp³-hybridized carbons (Fsp3) is 0.438. The van der Waals surface area contributed by atoms with E-state index >= 15 is 0 Å². The number of aliphatic carboxylic acids is 1. The molecule has 1 aromatic rings. The monoisotopic (exact) mass is 318 g/mol. The molecule has 1 aromatic carbocycles. The van der Waals surface area contributed by atoms with Gasteiger partial charge in [-0.3, -0.25) is 14.9 Å². The maximum absolute atomic E-state index is 12.3. The van der Waals surface area contributed by atoms with Crippen molar-refractivity contribution in [2.45, 2.75) is 24.8 Å². The number of amides is 3. The molecule has 0 aromatic heterocycles. The molecule has 1 saturated carbocycles. The normalized spacial score (nSPS) is 28.9. The standard InChI is InChI=1S/C16H18N2O5/c1-23-10-4-2-3-9(7-10)5-6-16(12-8-11(12)13(19)20)14(21)17-15(22)18-16/h2-4,7,11-12H,5-6,8H2,1H3,(H,19,20)(H2,17,18,21,22). The van der Waals surface area contributed by atoms with Crippen molar-refractivity contribution in [1.29, 1.82) is 0 Å². The molecule has 1 aliphatic carbocycles.